The van der Waals surface area contributed by atoms with Gasteiger partial charge in [0, 0.05) is 0 Å². The summed E-state index contributed by atoms with van der Waals surface area (Å²) in [6.07, 6.45) is 5.52. The maximum Gasteiger partial charge on any atom is 0.267 e. The summed E-state index contributed by atoms with van der Waals surface area (Å²) in [5, 5.41) is 2.58. The molecule has 1 unspecified atom stereocenters. The number of carbonyl (C=O) groups is 1. The highest BCUT2D eigenvalue weighted by Gasteiger charge is 2.30. The van der Waals surface area contributed by atoms with Crippen LogP contribution >= 0.6 is 0 Å². The zero-order chi connectivity index (χ0) is 14.2. The van der Waals surface area contributed by atoms with E-state index in [1.807, 2.05) is 0 Å². The lowest BCUT2D eigenvalue weighted by Gasteiger charge is -2.29. The molecule has 0 aliphatic rings. The minimum Gasteiger partial charge on any atom is -0.346 e. The van der Waals surface area contributed by atoms with Crippen LogP contribution in [0.4, 0.5) is 0 Å². The number of hydrogen-bond donors (Lipinski definition) is 2. The van der Waals surface area contributed by atoms with Crippen molar-refractivity contribution in [2.45, 2.75) is 51.5 Å². The normalized spacial score (nSPS) is 14.8. The van der Waals surface area contributed by atoms with E-state index in [0.717, 1.165) is 31.8 Å². The topological polar surface area (TPSA) is 83.5 Å². The molecular formula is C12H23NO4S. The van der Waals surface area contributed by atoms with Gasteiger partial charge in [-0.3, -0.25) is 9.35 Å². The molecule has 0 aromatic rings. The molecule has 106 valence electrons. The summed E-state index contributed by atoms with van der Waals surface area (Å²) in [6, 6.07) is 0. The van der Waals surface area contributed by atoms with Crippen molar-refractivity contribution in [3.63, 3.8) is 0 Å². The summed E-state index contributed by atoms with van der Waals surface area (Å²) in [5.41, 5.74) is -0.952. The number of rotatable bonds is 9. The molecule has 0 aromatic heterocycles. The summed E-state index contributed by atoms with van der Waals surface area (Å²) in [7, 11) is -4.13. The molecular weight excluding hydrogens is 254 g/mol. The Labute approximate surface area is 109 Å². The van der Waals surface area contributed by atoms with Crippen LogP contribution in [0.25, 0.3) is 0 Å². The summed E-state index contributed by atoms with van der Waals surface area (Å²) >= 11 is 0. The van der Waals surface area contributed by atoms with Crippen molar-refractivity contribution >= 4 is 16.0 Å². The van der Waals surface area contributed by atoms with E-state index < -0.39 is 27.3 Å². The van der Waals surface area contributed by atoms with E-state index >= 15 is 0 Å². The second-order valence-corrected chi connectivity index (χ2v) is 6.24. The first-order valence-electron chi connectivity index (χ1n) is 6.12. The van der Waals surface area contributed by atoms with Crippen molar-refractivity contribution < 1.29 is 17.8 Å². The molecule has 18 heavy (non-hydrogen) atoms. The van der Waals surface area contributed by atoms with Crippen molar-refractivity contribution in [3.8, 4) is 0 Å². The highest BCUT2D eigenvalue weighted by Crippen LogP contribution is 2.17. The molecule has 6 heteroatoms. The van der Waals surface area contributed by atoms with Gasteiger partial charge in [0.1, 0.15) is 0 Å². The van der Waals surface area contributed by atoms with Crippen LogP contribution in [-0.4, -0.2) is 30.2 Å². The Hall–Kier alpha value is -0.880. The van der Waals surface area contributed by atoms with Gasteiger partial charge in [-0.1, -0.05) is 39.2 Å². The van der Waals surface area contributed by atoms with Gasteiger partial charge in [-0.2, -0.15) is 8.42 Å². The second-order valence-electron chi connectivity index (χ2n) is 4.79. The predicted octanol–water partition coefficient (Wildman–Crippen LogP) is 1.91. The molecule has 0 aromatic carbocycles. The van der Waals surface area contributed by atoms with E-state index in [0.29, 0.717) is 6.42 Å². The van der Waals surface area contributed by atoms with Gasteiger partial charge >= 0.3 is 0 Å². The molecule has 0 radical (unpaired) electrons. The Morgan fingerprint density at radius 2 is 2.00 bits per heavy atom. The third-order valence-corrected chi connectivity index (χ3v) is 3.70. The monoisotopic (exact) mass is 277 g/mol. The summed E-state index contributed by atoms with van der Waals surface area (Å²) in [5.74, 6) is -0.914. The van der Waals surface area contributed by atoms with E-state index in [1.165, 1.54) is 0 Å². The van der Waals surface area contributed by atoms with Crippen LogP contribution in [0.15, 0.2) is 12.7 Å². The number of nitrogens with one attached hydrogen (secondary N) is 1. The van der Waals surface area contributed by atoms with Crippen LogP contribution in [0.1, 0.15) is 46.0 Å². The third-order valence-electron chi connectivity index (χ3n) is 2.69. The molecule has 5 nitrogen and oxygen atoms in total. The van der Waals surface area contributed by atoms with Gasteiger partial charge in [-0.15, -0.1) is 0 Å². The SMILES string of the molecule is C=CC(=O)NC(C)(CCCCCC)CS(=O)(=O)O. The molecule has 0 heterocycles. The minimum absolute atomic E-state index is 0.434. The average molecular weight is 277 g/mol. The first-order chi connectivity index (χ1) is 8.22. The lowest BCUT2D eigenvalue weighted by atomic mass is 9.96. The maximum absolute atomic E-state index is 11.3. The van der Waals surface area contributed by atoms with E-state index in [-0.39, 0.29) is 0 Å². The van der Waals surface area contributed by atoms with Gasteiger partial charge in [0.05, 0.1) is 11.3 Å². The largest absolute Gasteiger partial charge is 0.346 e. The van der Waals surface area contributed by atoms with Crippen molar-refractivity contribution in [1.82, 2.24) is 5.32 Å². The van der Waals surface area contributed by atoms with Gasteiger partial charge in [-0.25, -0.2) is 0 Å². The van der Waals surface area contributed by atoms with Crippen LogP contribution in [0, 0.1) is 0 Å². The van der Waals surface area contributed by atoms with E-state index in [2.05, 4.69) is 18.8 Å². The second kappa shape index (κ2) is 7.53. The van der Waals surface area contributed by atoms with E-state index in [4.69, 9.17) is 4.55 Å². The van der Waals surface area contributed by atoms with Crippen LogP contribution in [0.2, 0.25) is 0 Å². The molecule has 0 spiro atoms. The lowest BCUT2D eigenvalue weighted by Crippen LogP contribution is -2.50. The molecule has 0 bridgehead atoms. The van der Waals surface area contributed by atoms with Gasteiger partial charge in [0.2, 0.25) is 5.91 Å². The van der Waals surface area contributed by atoms with Gasteiger partial charge in [0.15, 0.2) is 0 Å². The number of hydrogen-bond acceptors (Lipinski definition) is 3. The van der Waals surface area contributed by atoms with Crippen molar-refractivity contribution in [2.75, 3.05) is 5.75 Å². The molecule has 0 rings (SSSR count). The van der Waals surface area contributed by atoms with Crippen LogP contribution in [-0.2, 0) is 14.9 Å². The minimum atomic E-state index is -4.13. The van der Waals surface area contributed by atoms with Gasteiger partial charge in [-0.05, 0) is 19.4 Å². The Morgan fingerprint density at radius 3 is 2.44 bits per heavy atom. The summed E-state index contributed by atoms with van der Waals surface area (Å²) in [6.45, 7) is 7.03. The Kier molecular flexibility index (Phi) is 7.16. The highest BCUT2D eigenvalue weighted by atomic mass is 32.2. The molecule has 0 aliphatic heterocycles. The molecule has 2 N–H and O–H groups in total. The Balaban J connectivity index is 4.58. The average Bonchev–Trinajstić information content (AvgIpc) is 2.21. The fourth-order valence-electron chi connectivity index (χ4n) is 1.86. The smallest absolute Gasteiger partial charge is 0.267 e. The molecule has 0 aliphatic carbocycles. The quantitative estimate of drug-likeness (QED) is 0.383. The molecule has 1 atom stereocenters. The number of carbonyl (C=O) groups excluding carboxylic acids is 1. The van der Waals surface area contributed by atoms with Crippen molar-refractivity contribution in [1.29, 1.82) is 0 Å². The Morgan fingerprint density at radius 1 is 1.39 bits per heavy atom. The maximum atomic E-state index is 11.3. The Bertz CT molecular complexity index is 378. The van der Waals surface area contributed by atoms with Gasteiger partial charge < -0.3 is 5.32 Å². The van der Waals surface area contributed by atoms with E-state index in [1.54, 1.807) is 6.92 Å². The van der Waals surface area contributed by atoms with Crippen LogP contribution in [0.3, 0.4) is 0 Å². The highest BCUT2D eigenvalue weighted by molar-refractivity contribution is 7.85. The van der Waals surface area contributed by atoms with Crippen molar-refractivity contribution in [3.05, 3.63) is 12.7 Å². The molecule has 0 fully saturated rings. The third kappa shape index (κ3) is 8.25. The summed E-state index contributed by atoms with van der Waals surface area (Å²) in [4.78, 5) is 11.3. The zero-order valence-electron chi connectivity index (χ0n) is 11.1. The first kappa shape index (κ1) is 17.1. The number of unbranched alkanes of at least 4 members (excludes halogenated alkanes) is 3. The molecule has 1 amide bonds. The fraction of sp³-hybridized carbons (Fsp3) is 0.750. The molecule has 0 saturated carbocycles. The zero-order valence-corrected chi connectivity index (χ0v) is 11.9. The van der Waals surface area contributed by atoms with Crippen LogP contribution < -0.4 is 5.32 Å². The predicted molar refractivity (Wildman–Crippen MR) is 71.9 cm³/mol. The lowest BCUT2D eigenvalue weighted by molar-refractivity contribution is -0.118. The van der Waals surface area contributed by atoms with Crippen LogP contribution in [0.5, 0.6) is 0 Å². The first-order valence-corrected chi connectivity index (χ1v) is 7.73. The number of amides is 1. The molecule has 0 saturated heterocycles. The van der Waals surface area contributed by atoms with E-state index in [9.17, 15) is 13.2 Å². The fourth-order valence-corrected chi connectivity index (χ4v) is 2.89. The summed E-state index contributed by atoms with van der Waals surface area (Å²) < 4.78 is 30.9. The standard InChI is InChI=1S/C12H23NO4S/c1-4-6-7-8-9-12(3,10-18(15,16)17)13-11(14)5-2/h5H,2,4,6-10H2,1,3H3,(H,13,14)(H,15,16,17). The van der Waals surface area contributed by atoms with Gasteiger partial charge in [0.25, 0.3) is 10.1 Å². The van der Waals surface area contributed by atoms with Crippen molar-refractivity contribution in [2.24, 2.45) is 0 Å².